The normalized spacial score (nSPS) is 16.1. The van der Waals surface area contributed by atoms with Crippen LogP contribution in [-0.4, -0.2) is 17.3 Å². The van der Waals surface area contributed by atoms with Crippen LogP contribution in [0.2, 0.25) is 10.0 Å². The molecule has 1 atom stereocenters. The Labute approximate surface area is 203 Å². The second-order valence-electron chi connectivity index (χ2n) is 6.90. The van der Waals surface area contributed by atoms with E-state index in [0.717, 1.165) is 10.0 Å². The first-order valence-electron chi connectivity index (χ1n) is 9.22. The van der Waals surface area contributed by atoms with E-state index in [1.165, 1.54) is 24.8 Å². The second-order valence-corrected chi connectivity index (χ2v) is 9.64. The van der Waals surface area contributed by atoms with E-state index in [1.807, 2.05) is 24.3 Å². The zero-order chi connectivity index (χ0) is 22.7. The van der Waals surface area contributed by atoms with Crippen molar-refractivity contribution in [1.29, 1.82) is 5.26 Å². The van der Waals surface area contributed by atoms with Crippen LogP contribution in [0.15, 0.2) is 68.8 Å². The van der Waals surface area contributed by atoms with Crippen LogP contribution in [-0.2, 0) is 4.79 Å². The lowest BCUT2D eigenvalue weighted by atomic mass is 9.81. The Balaban J connectivity index is 1.97. The standard InChI is InChI=1S/C23H17BrCl2N2O2S/c1-12-21(13(2)29)22(14-3-5-15(24)6-4-14)18(10-27)23(28-12)31-11-20(30)17-9-16(25)7-8-19(17)26/h3-9,22,28H,11H2,1-2H3/t22-/m0/s1. The number of nitriles is 1. The maximum Gasteiger partial charge on any atom is 0.174 e. The van der Waals surface area contributed by atoms with Crippen molar-refractivity contribution < 1.29 is 9.59 Å². The third-order valence-corrected chi connectivity index (χ3v) is 6.92. The van der Waals surface area contributed by atoms with Gasteiger partial charge in [-0.2, -0.15) is 5.26 Å². The highest BCUT2D eigenvalue weighted by atomic mass is 79.9. The Morgan fingerprint density at radius 1 is 1.19 bits per heavy atom. The summed E-state index contributed by atoms with van der Waals surface area (Å²) in [6, 6.07) is 14.5. The number of Topliss-reactive ketones (excluding diaryl/α,β-unsaturated/α-hetero) is 2. The molecule has 2 aromatic carbocycles. The van der Waals surface area contributed by atoms with Gasteiger partial charge in [-0.05, 0) is 49.7 Å². The average molecular weight is 536 g/mol. The largest absolute Gasteiger partial charge is 0.353 e. The molecule has 0 fully saturated rings. The van der Waals surface area contributed by atoms with E-state index in [-0.39, 0.29) is 17.3 Å². The van der Waals surface area contributed by atoms with Gasteiger partial charge in [-0.3, -0.25) is 9.59 Å². The molecule has 2 aromatic rings. The van der Waals surface area contributed by atoms with Crippen molar-refractivity contribution in [2.45, 2.75) is 19.8 Å². The van der Waals surface area contributed by atoms with E-state index >= 15 is 0 Å². The molecule has 31 heavy (non-hydrogen) atoms. The van der Waals surface area contributed by atoms with Crippen molar-refractivity contribution in [1.82, 2.24) is 5.32 Å². The van der Waals surface area contributed by atoms with Crippen molar-refractivity contribution in [2.75, 3.05) is 5.75 Å². The third-order valence-electron chi connectivity index (χ3n) is 4.81. The summed E-state index contributed by atoms with van der Waals surface area (Å²) < 4.78 is 0.899. The van der Waals surface area contributed by atoms with Crippen molar-refractivity contribution in [3.8, 4) is 6.07 Å². The van der Waals surface area contributed by atoms with Gasteiger partial charge < -0.3 is 5.32 Å². The summed E-state index contributed by atoms with van der Waals surface area (Å²) in [4.78, 5) is 25.2. The fourth-order valence-electron chi connectivity index (χ4n) is 3.41. The molecule has 1 aliphatic rings. The second kappa shape index (κ2) is 10.1. The maximum atomic E-state index is 12.7. The van der Waals surface area contributed by atoms with Gasteiger partial charge in [0.2, 0.25) is 0 Å². The first kappa shape index (κ1) is 23.6. The van der Waals surface area contributed by atoms with Gasteiger partial charge in [0.1, 0.15) is 0 Å². The van der Waals surface area contributed by atoms with Crippen molar-refractivity contribution in [2.24, 2.45) is 0 Å². The molecule has 158 valence electrons. The van der Waals surface area contributed by atoms with E-state index < -0.39 is 5.92 Å². The molecule has 8 heteroatoms. The highest BCUT2D eigenvalue weighted by Crippen LogP contribution is 2.41. The van der Waals surface area contributed by atoms with Crippen molar-refractivity contribution in [3.63, 3.8) is 0 Å². The molecule has 0 aliphatic carbocycles. The van der Waals surface area contributed by atoms with E-state index in [1.54, 1.807) is 19.1 Å². The predicted molar refractivity (Wildman–Crippen MR) is 129 cm³/mol. The summed E-state index contributed by atoms with van der Waals surface area (Å²) in [5.41, 5.74) is 2.75. The number of benzene rings is 2. The zero-order valence-electron chi connectivity index (χ0n) is 16.6. The van der Waals surface area contributed by atoms with Gasteiger partial charge in [0, 0.05) is 26.3 Å². The number of halogens is 3. The van der Waals surface area contributed by atoms with Gasteiger partial charge in [0.15, 0.2) is 11.6 Å². The van der Waals surface area contributed by atoms with E-state index in [4.69, 9.17) is 23.2 Å². The Hall–Kier alpha value is -2.04. The van der Waals surface area contributed by atoms with Crippen molar-refractivity contribution >= 4 is 62.5 Å². The van der Waals surface area contributed by atoms with Crippen LogP contribution in [0.3, 0.4) is 0 Å². The Bertz CT molecular complexity index is 1170. The number of thioether (sulfide) groups is 1. The minimum absolute atomic E-state index is 0.0588. The number of allylic oxidation sites excluding steroid dienone is 3. The predicted octanol–water partition coefficient (Wildman–Crippen LogP) is 6.66. The average Bonchev–Trinajstić information content (AvgIpc) is 2.73. The summed E-state index contributed by atoms with van der Waals surface area (Å²) >= 11 is 16.8. The van der Waals surface area contributed by atoms with Crippen LogP contribution in [0, 0.1) is 11.3 Å². The van der Waals surface area contributed by atoms with Crippen molar-refractivity contribution in [3.05, 3.63) is 90.0 Å². The monoisotopic (exact) mass is 534 g/mol. The lowest BCUT2D eigenvalue weighted by molar-refractivity contribution is -0.113. The molecular weight excluding hydrogens is 519 g/mol. The summed E-state index contributed by atoms with van der Waals surface area (Å²) in [7, 11) is 0. The quantitative estimate of drug-likeness (QED) is 0.419. The molecule has 0 spiro atoms. The van der Waals surface area contributed by atoms with Gasteiger partial charge in [-0.1, -0.05) is 63.0 Å². The topological polar surface area (TPSA) is 70.0 Å². The SMILES string of the molecule is CC(=O)C1=C(C)NC(SCC(=O)c2cc(Cl)ccc2Cl)=C(C#N)[C@@H]1c1ccc(Br)cc1. The van der Waals surface area contributed by atoms with Crippen LogP contribution in [0.5, 0.6) is 0 Å². The molecule has 0 radical (unpaired) electrons. The van der Waals surface area contributed by atoms with Gasteiger partial charge in [0.25, 0.3) is 0 Å². The number of carbonyl (C=O) groups excluding carboxylic acids is 2. The molecule has 0 amide bonds. The number of dihydropyridines is 1. The number of ketones is 2. The van der Waals surface area contributed by atoms with Crippen LogP contribution in [0.4, 0.5) is 0 Å². The summed E-state index contributed by atoms with van der Waals surface area (Å²) in [6.45, 7) is 3.29. The third kappa shape index (κ3) is 5.24. The number of nitrogens with one attached hydrogen (secondary N) is 1. The molecule has 0 saturated heterocycles. The van der Waals surface area contributed by atoms with E-state index in [0.29, 0.717) is 37.5 Å². The molecular formula is C23H17BrCl2N2O2S. The molecule has 0 aromatic heterocycles. The Kier molecular flexibility index (Phi) is 7.66. The van der Waals surface area contributed by atoms with E-state index in [9.17, 15) is 14.9 Å². The summed E-state index contributed by atoms with van der Waals surface area (Å²) in [5.74, 6) is -0.771. The summed E-state index contributed by atoms with van der Waals surface area (Å²) in [6.07, 6.45) is 0. The fraction of sp³-hybridized carbons (Fsp3) is 0.174. The minimum atomic E-state index is -0.510. The minimum Gasteiger partial charge on any atom is -0.353 e. The lowest BCUT2D eigenvalue weighted by Crippen LogP contribution is -2.27. The number of hydrogen-bond donors (Lipinski definition) is 1. The smallest absolute Gasteiger partial charge is 0.174 e. The lowest BCUT2D eigenvalue weighted by Gasteiger charge is -2.29. The maximum absolute atomic E-state index is 12.7. The van der Waals surface area contributed by atoms with Crippen LogP contribution >= 0.6 is 50.9 Å². The number of hydrogen-bond acceptors (Lipinski definition) is 5. The molecule has 0 bridgehead atoms. The molecule has 3 rings (SSSR count). The highest BCUT2D eigenvalue weighted by molar-refractivity contribution is 9.10. The van der Waals surface area contributed by atoms with Crippen LogP contribution < -0.4 is 5.32 Å². The Morgan fingerprint density at radius 3 is 2.48 bits per heavy atom. The van der Waals surface area contributed by atoms with Crippen LogP contribution in [0.25, 0.3) is 0 Å². The fourth-order valence-corrected chi connectivity index (χ4v) is 5.04. The van der Waals surface area contributed by atoms with Crippen LogP contribution in [0.1, 0.15) is 35.7 Å². The highest BCUT2D eigenvalue weighted by Gasteiger charge is 2.33. The number of carbonyl (C=O) groups is 2. The Morgan fingerprint density at radius 2 is 1.87 bits per heavy atom. The van der Waals surface area contributed by atoms with Gasteiger partial charge in [-0.15, -0.1) is 0 Å². The van der Waals surface area contributed by atoms with E-state index in [2.05, 4.69) is 27.3 Å². The first-order chi connectivity index (χ1) is 14.7. The molecule has 0 unspecified atom stereocenters. The number of nitrogens with zero attached hydrogens (tertiary/aromatic N) is 1. The first-order valence-corrected chi connectivity index (χ1v) is 11.8. The van der Waals surface area contributed by atoms with Gasteiger partial charge in [0.05, 0.1) is 33.4 Å². The van der Waals surface area contributed by atoms with Gasteiger partial charge >= 0.3 is 0 Å². The molecule has 1 N–H and O–H groups in total. The molecule has 0 saturated carbocycles. The molecule has 1 heterocycles. The molecule has 4 nitrogen and oxygen atoms in total. The summed E-state index contributed by atoms with van der Waals surface area (Å²) in [5, 5.41) is 14.4. The van der Waals surface area contributed by atoms with Gasteiger partial charge in [-0.25, -0.2) is 0 Å². The zero-order valence-corrected chi connectivity index (χ0v) is 20.5. The number of rotatable bonds is 6. The molecule has 1 aliphatic heterocycles.